The average molecular weight is 286 g/mol. The lowest BCUT2D eigenvalue weighted by Crippen LogP contribution is -2.21. The molecule has 0 aliphatic carbocycles. The standard InChI is InChI=1S/C18H26N2O/c1-15(2)21-18-8-5-7-17-16(18)9-14-20(17)13-6-12-19-10-3-4-11-19/h5,7-9,14-15H,3-4,6,10-13H2,1-2H3. The fourth-order valence-corrected chi connectivity index (χ4v) is 3.22. The van der Waals surface area contributed by atoms with Gasteiger partial charge in [0.2, 0.25) is 0 Å². The SMILES string of the molecule is CC(C)Oc1cccc2c1ccn2CCCN1CCCC1. The lowest BCUT2D eigenvalue weighted by molar-refractivity contribution is 0.245. The van der Waals surface area contributed by atoms with E-state index in [0.717, 1.165) is 12.3 Å². The Balaban J connectivity index is 1.68. The summed E-state index contributed by atoms with van der Waals surface area (Å²) in [7, 11) is 0. The van der Waals surface area contributed by atoms with Gasteiger partial charge in [-0.15, -0.1) is 0 Å². The molecule has 1 aromatic heterocycles. The first kappa shape index (κ1) is 14.5. The molecular formula is C18H26N2O. The van der Waals surface area contributed by atoms with Gasteiger partial charge in [0.1, 0.15) is 5.75 Å². The number of hydrogen-bond acceptors (Lipinski definition) is 2. The predicted octanol–water partition coefficient (Wildman–Crippen LogP) is 3.91. The zero-order chi connectivity index (χ0) is 14.7. The summed E-state index contributed by atoms with van der Waals surface area (Å²) in [6.07, 6.45) is 6.39. The zero-order valence-corrected chi connectivity index (χ0v) is 13.2. The minimum absolute atomic E-state index is 0.217. The first-order valence-corrected chi connectivity index (χ1v) is 8.21. The molecule has 21 heavy (non-hydrogen) atoms. The molecule has 1 aromatic carbocycles. The topological polar surface area (TPSA) is 17.4 Å². The number of aromatic nitrogens is 1. The Morgan fingerprint density at radius 2 is 1.90 bits per heavy atom. The summed E-state index contributed by atoms with van der Waals surface area (Å²) in [6, 6.07) is 8.54. The van der Waals surface area contributed by atoms with Gasteiger partial charge in [-0.2, -0.15) is 0 Å². The average Bonchev–Trinajstić information content (AvgIpc) is 3.09. The number of rotatable bonds is 6. The minimum atomic E-state index is 0.217. The molecule has 0 N–H and O–H groups in total. The molecule has 0 saturated carbocycles. The van der Waals surface area contributed by atoms with Gasteiger partial charge in [-0.25, -0.2) is 0 Å². The zero-order valence-electron chi connectivity index (χ0n) is 13.2. The van der Waals surface area contributed by atoms with Gasteiger partial charge in [0, 0.05) is 18.1 Å². The van der Waals surface area contributed by atoms with Gasteiger partial charge in [0.15, 0.2) is 0 Å². The van der Waals surface area contributed by atoms with Crippen LogP contribution in [0, 0.1) is 0 Å². The number of hydrogen-bond donors (Lipinski definition) is 0. The molecule has 1 saturated heterocycles. The molecule has 0 bridgehead atoms. The summed E-state index contributed by atoms with van der Waals surface area (Å²) in [6.45, 7) is 9.04. The van der Waals surface area contributed by atoms with Gasteiger partial charge < -0.3 is 14.2 Å². The van der Waals surface area contributed by atoms with Gasteiger partial charge in [0.05, 0.1) is 11.6 Å². The van der Waals surface area contributed by atoms with E-state index in [1.54, 1.807) is 0 Å². The second-order valence-corrected chi connectivity index (χ2v) is 6.27. The summed E-state index contributed by atoms with van der Waals surface area (Å²) >= 11 is 0. The van der Waals surface area contributed by atoms with Crippen LogP contribution in [0.15, 0.2) is 30.5 Å². The fraction of sp³-hybridized carbons (Fsp3) is 0.556. The molecule has 3 rings (SSSR count). The number of aryl methyl sites for hydroxylation is 1. The van der Waals surface area contributed by atoms with Crippen LogP contribution in [0.2, 0.25) is 0 Å². The Morgan fingerprint density at radius 3 is 2.67 bits per heavy atom. The Morgan fingerprint density at radius 1 is 1.10 bits per heavy atom. The Kier molecular flexibility index (Phi) is 4.49. The van der Waals surface area contributed by atoms with E-state index in [2.05, 4.69) is 53.8 Å². The van der Waals surface area contributed by atoms with Crippen molar-refractivity contribution in [3.05, 3.63) is 30.5 Å². The number of fused-ring (bicyclic) bond motifs is 1. The molecule has 0 unspecified atom stereocenters. The molecule has 0 spiro atoms. The largest absolute Gasteiger partial charge is 0.490 e. The lowest BCUT2D eigenvalue weighted by atomic mass is 10.2. The van der Waals surface area contributed by atoms with E-state index in [1.165, 1.54) is 49.8 Å². The summed E-state index contributed by atoms with van der Waals surface area (Å²) in [5.41, 5.74) is 1.29. The monoisotopic (exact) mass is 286 g/mol. The quantitative estimate of drug-likeness (QED) is 0.801. The van der Waals surface area contributed by atoms with Crippen molar-refractivity contribution < 1.29 is 4.74 Å². The molecule has 0 atom stereocenters. The van der Waals surface area contributed by atoms with Crippen LogP contribution in [0.1, 0.15) is 33.1 Å². The van der Waals surface area contributed by atoms with Crippen molar-refractivity contribution in [2.24, 2.45) is 0 Å². The lowest BCUT2D eigenvalue weighted by Gasteiger charge is -2.15. The Hall–Kier alpha value is -1.48. The highest BCUT2D eigenvalue weighted by Gasteiger charge is 2.11. The maximum Gasteiger partial charge on any atom is 0.129 e. The molecular weight excluding hydrogens is 260 g/mol. The molecule has 0 amide bonds. The van der Waals surface area contributed by atoms with E-state index in [-0.39, 0.29) is 6.10 Å². The van der Waals surface area contributed by atoms with E-state index >= 15 is 0 Å². The first-order chi connectivity index (χ1) is 10.2. The number of likely N-dealkylation sites (tertiary alicyclic amines) is 1. The summed E-state index contributed by atoms with van der Waals surface area (Å²) in [4.78, 5) is 2.58. The van der Waals surface area contributed by atoms with Gasteiger partial charge in [-0.3, -0.25) is 0 Å². The van der Waals surface area contributed by atoms with E-state index in [1.807, 2.05) is 0 Å². The van der Waals surface area contributed by atoms with Crippen molar-refractivity contribution >= 4 is 10.9 Å². The fourth-order valence-electron chi connectivity index (χ4n) is 3.22. The van der Waals surface area contributed by atoms with Crippen LogP contribution in [0.3, 0.4) is 0 Å². The van der Waals surface area contributed by atoms with Crippen molar-refractivity contribution in [1.82, 2.24) is 9.47 Å². The van der Waals surface area contributed by atoms with Gasteiger partial charge in [0.25, 0.3) is 0 Å². The van der Waals surface area contributed by atoms with Crippen LogP contribution in [0.25, 0.3) is 10.9 Å². The molecule has 3 nitrogen and oxygen atoms in total. The van der Waals surface area contributed by atoms with Crippen molar-refractivity contribution in [3.8, 4) is 5.75 Å². The molecule has 3 heteroatoms. The molecule has 2 heterocycles. The minimum Gasteiger partial charge on any atom is -0.490 e. The maximum absolute atomic E-state index is 5.90. The van der Waals surface area contributed by atoms with E-state index in [0.29, 0.717) is 0 Å². The predicted molar refractivity (Wildman–Crippen MR) is 88.0 cm³/mol. The Labute approximate surface area is 127 Å². The van der Waals surface area contributed by atoms with Crippen LogP contribution in [0.4, 0.5) is 0 Å². The van der Waals surface area contributed by atoms with Crippen LogP contribution in [-0.2, 0) is 6.54 Å². The van der Waals surface area contributed by atoms with E-state index in [4.69, 9.17) is 4.74 Å². The van der Waals surface area contributed by atoms with Crippen LogP contribution in [0.5, 0.6) is 5.75 Å². The third kappa shape index (κ3) is 3.41. The highest BCUT2D eigenvalue weighted by Crippen LogP contribution is 2.27. The van der Waals surface area contributed by atoms with Gasteiger partial charge in [-0.05, 0) is 70.9 Å². The smallest absolute Gasteiger partial charge is 0.129 e. The highest BCUT2D eigenvalue weighted by molar-refractivity contribution is 5.86. The van der Waals surface area contributed by atoms with Crippen molar-refractivity contribution in [2.45, 2.75) is 45.8 Å². The summed E-state index contributed by atoms with van der Waals surface area (Å²) in [5.74, 6) is 1.00. The van der Waals surface area contributed by atoms with E-state index < -0.39 is 0 Å². The second-order valence-electron chi connectivity index (χ2n) is 6.27. The van der Waals surface area contributed by atoms with E-state index in [9.17, 15) is 0 Å². The van der Waals surface area contributed by atoms with Gasteiger partial charge >= 0.3 is 0 Å². The second kappa shape index (κ2) is 6.52. The Bertz CT molecular complexity index is 582. The normalized spacial score (nSPS) is 16.1. The number of benzene rings is 1. The molecule has 1 fully saturated rings. The maximum atomic E-state index is 5.90. The highest BCUT2D eigenvalue weighted by atomic mass is 16.5. The molecule has 1 aliphatic heterocycles. The van der Waals surface area contributed by atoms with Gasteiger partial charge in [-0.1, -0.05) is 6.07 Å². The molecule has 2 aromatic rings. The summed E-state index contributed by atoms with van der Waals surface area (Å²) < 4.78 is 8.26. The van der Waals surface area contributed by atoms with Crippen LogP contribution >= 0.6 is 0 Å². The third-order valence-corrected chi connectivity index (χ3v) is 4.21. The van der Waals surface area contributed by atoms with Crippen molar-refractivity contribution in [3.63, 3.8) is 0 Å². The summed E-state index contributed by atoms with van der Waals surface area (Å²) in [5, 5.41) is 1.23. The number of ether oxygens (including phenoxy) is 1. The molecule has 0 radical (unpaired) electrons. The first-order valence-electron chi connectivity index (χ1n) is 8.21. The third-order valence-electron chi connectivity index (χ3n) is 4.21. The van der Waals surface area contributed by atoms with Crippen molar-refractivity contribution in [2.75, 3.05) is 19.6 Å². The van der Waals surface area contributed by atoms with Crippen LogP contribution in [-0.4, -0.2) is 35.2 Å². The number of nitrogens with zero attached hydrogens (tertiary/aromatic N) is 2. The molecule has 1 aliphatic rings. The van der Waals surface area contributed by atoms with Crippen molar-refractivity contribution in [1.29, 1.82) is 0 Å². The van der Waals surface area contributed by atoms with Crippen LogP contribution < -0.4 is 4.74 Å². The molecule has 114 valence electrons.